The molecule has 1 heterocycles. The third kappa shape index (κ3) is 5.06. The highest BCUT2D eigenvalue weighted by Crippen LogP contribution is 2.26. The van der Waals surface area contributed by atoms with Crippen LogP contribution in [0.1, 0.15) is 17.3 Å². The number of nitrogens with zero attached hydrogens (tertiary/aromatic N) is 3. The SMILES string of the molecule is C=CCO[C@H]1OC[C@H](N=[N+]=[N-])[C@H](OC(C)=O)[C@@H]1OC(=O)c1ccccc1. The summed E-state index contributed by atoms with van der Waals surface area (Å²) in [5, 5.41) is 3.57. The quantitative estimate of drug-likeness (QED) is 0.242. The van der Waals surface area contributed by atoms with Gasteiger partial charge in [-0.05, 0) is 17.7 Å². The van der Waals surface area contributed by atoms with Gasteiger partial charge in [-0.1, -0.05) is 29.4 Å². The highest BCUT2D eigenvalue weighted by Gasteiger charge is 2.45. The van der Waals surface area contributed by atoms with Crippen LogP contribution in [-0.4, -0.2) is 49.7 Å². The van der Waals surface area contributed by atoms with Gasteiger partial charge in [0.2, 0.25) is 0 Å². The number of hydrogen-bond acceptors (Lipinski definition) is 7. The molecular weight excluding hydrogens is 342 g/mol. The Bertz CT molecular complexity index is 689. The lowest BCUT2D eigenvalue weighted by Crippen LogP contribution is -2.56. The monoisotopic (exact) mass is 361 g/mol. The number of benzene rings is 1. The maximum Gasteiger partial charge on any atom is 0.338 e. The van der Waals surface area contributed by atoms with Crippen LogP contribution in [0.3, 0.4) is 0 Å². The Kier molecular flexibility index (Phi) is 7.16. The fourth-order valence-corrected chi connectivity index (χ4v) is 2.45. The highest BCUT2D eigenvalue weighted by molar-refractivity contribution is 5.89. The van der Waals surface area contributed by atoms with Crippen LogP contribution < -0.4 is 0 Å². The first-order valence-corrected chi connectivity index (χ1v) is 7.88. The van der Waals surface area contributed by atoms with Crippen molar-refractivity contribution in [3.63, 3.8) is 0 Å². The van der Waals surface area contributed by atoms with E-state index >= 15 is 0 Å². The number of carbonyl (C=O) groups excluding carboxylic acids is 2. The Morgan fingerprint density at radius 1 is 1.35 bits per heavy atom. The van der Waals surface area contributed by atoms with Crippen molar-refractivity contribution in [3.05, 3.63) is 59.0 Å². The standard InChI is InChI=1S/C17H19N3O6/c1-3-9-23-17-15(26-16(22)12-7-5-4-6-8-12)14(25-11(2)21)13(10-24-17)19-20-18/h3-8,13-15,17H,1,9-10H2,2H3/t13-,14-,15-,17-/m0/s1. The van der Waals surface area contributed by atoms with Crippen LogP contribution in [-0.2, 0) is 23.7 Å². The Hall–Kier alpha value is -2.87. The van der Waals surface area contributed by atoms with Crippen molar-refractivity contribution >= 4 is 11.9 Å². The molecular formula is C17H19N3O6. The minimum Gasteiger partial charge on any atom is -0.458 e. The van der Waals surface area contributed by atoms with Gasteiger partial charge in [0.15, 0.2) is 18.5 Å². The van der Waals surface area contributed by atoms with E-state index < -0.39 is 36.5 Å². The molecule has 138 valence electrons. The van der Waals surface area contributed by atoms with E-state index in [1.54, 1.807) is 30.3 Å². The van der Waals surface area contributed by atoms with Gasteiger partial charge in [-0.15, -0.1) is 6.58 Å². The zero-order valence-corrected chi connectivity index (χ0v) is 14.2. The van der Waals surface area contributed by atoms with Crippen LogP contribution in [0.15, 0.2) is 48.1 Å². The molecule has 0 amide bonds. The van der Waals surface area contributed by atoms with Crippen LogP contribution in [0.4, 0.5) is 0 Å². The van der Waals surface area contributed by atoms with Crippen molar-refractivity contribution in [1.29, 1.82) is 0 Å². The molecule has 1 aliphatic heterocycles. The van der Waals surface area contributed by atoms with E-state index in [4.69, 9.17) is 24.5 Å². The summed E-state index contributed by atoms with van der Waals surface area (Å²) < 4.78 is 21.7. The molecule has 0 bridgehead atoms. The molecule has 1 aromatic carbocycles. The molecule has 0 unspecified atom stereocenters. The summed E-state index contributed by atoms with van der Waals surface area (Å²) in [6.45, 7) is 4.83. The van der Waals surface area contributed by atoms with E-state index in [1.165, 1.54) is 13.0 Å². The molecule has 0 radical (unpaired) electrons. The summed E-state index contributed by atoms with van der Waals surface area (Å²) in [6.07, 6.45) is -1.66. The largest absolute Gasteiger partial charge is 0.458 e. The summed E-state index contributed by atoms with van der Waals surface area (Å²) in [7, 11) is 0. The first-order valence-electron chi connectivity index (χ1n) is 7.88. The average molecular weight is 361 g/mol. The third-order valence-corrected chi connectivity index (χ3v) is 3.54. The number of hydrogen-bond donors (Lipinski definition) is 0. The van der Waals surface area contributed by atoms with Crippen LogP contribution in [0.2, 0.25) is 0 Å². The Morgan fingerprint density at radius 2 is 2.08 bits per heavy atom. The van der Waals surface area contributed by atoms with Crippen molar-refractivity contribution in [2.45, 2.75) is 31.5 Å². The summed E-state index contributed by atoms with van der Waals surface area (Å²) in [4.78, 5) is 26.7. The van der Waals surface area contributed by atoms with Gasteiger partial charge in [-0.25, -0.2) is 4.79 Å². The maximum absolute atomic E-state index is 12.4. The zero-order chi connectivity index (χ0) is 18.9. The zero-order valence-electron chi connectivity index (χ0n) is 14.2. The molecule has 1 aromatic rings. The normalized spacial score (nSPS) is 24.8. The molecule has 1 aliphatic rings. The molecule has 0 aliphatic carbocycles. The van der Waals surface area contributed by atoms with Crippen LogP contribution in [0.25, 0.3) is 10.4 Å². The number of azide groups is 1. The lowest BCUT2D eigenvalue weighted by molar-refractivity contribution is -0.248. The minimum absolute atomic E-state index is 0.0524. The van der Waals surface area contributed by atoms with Gasteiger partial charge in [0.05, 0.1) is 18.8 Å². The van der Waals surface area contributed by atoms with Crippen LogP contribution in [0, 0.1) is 0 Å². The van der Waals surface area contributed by atoms with Crippen LogP contribution in [0.5, 0.6) is 0 Å². The molecule has 2 rings (SSSR count). The summed E-state index contributed by atoms with van der Waals surface area (Å²) in [6, 6.07) is 7.43. The van der Waals surface area contributed by atoms with Crippen molar-refractivity contribution < 1.29 is 28.5 Å². The highest BCUT2D eigenvalue weighted by atomic mass is 16.7. The van der Waals surface area contributed by atoms with Crippen molar-refractivity contribution in [1.82, 2.24) is 0 Å². The molecule has 26 heavy (non-hydrogen) atoms. The maximum atomic E-state index is 12.4. The second-order valence-electron chi connectivity index (χ2n) is 5.41. The van der Waals surface area contributed by atoms with Gasteiger partial charge in [0.25, 0.3) is 0 Å². The molecule has 0 spiro atoms. The second-order valence-corrected chi connectivity index (χ2v) is 5.41. The molecule has 0 aromatic heterocycles. The third-order valence-electron chi connectivity index (χ3n) is 3.54. The van der Waals surface area contributed by atoms with E-state index in [0.29, 0.717) is 5.56 Å². The first kappa shape index (κ1) is 19.5. The topological polar surface area (TPSA) is 120 Å². The van der Waals surface area contributed by atoms with Crippen molar-refractivity contribution in [2.75, 3.05) is 13.2 Å². The van der Waals surface area contributed by atoms with Crippen molar-refractivity contribution in [2.24, 2.45) is 5.11 Å². The average Bonchev–Trinajstić information content (AvgIpc) is 2.64. The van der Waals surface area contributed by atoms with E-state index in [2.05, 4.69) is 16.6 Å². The lowest BCUT2D eigenvalue weighted by Gasteiger charge is -2.39. The van der Waals surface area contributed by atoms with Crippen LogP contribution >= 0.6 is 0 Å². The number of rotatable bonds is 7. The summed E-state index contributed by atoms with van der Waals surface area (Å²) >= 11 is 0. The Balaban J connectivity index is 2.28. The molecule has 9 heteroatoms. The number of ether oxygens (including phenoxy) is 4. The van der Waals surface area contributed by atoms with E-state index in [1.807, 2.05) is 0 Å². The fraction of sp³-hybridized carbons (Fsp3) is 0.412. The molecule has 1 fully saturated rings. The van der Waals surface area contributed by atoms with Crippen molar-refractivity contribution in [3.8, 4) is 0 Å². The lowest BCUT2D eigenvalue weighted by atomic mass is 10.0. The van der Waals surface area contributed by atoms with Gasteiger partial charge in [0, 0.05) is 11.8 Å². The first-order chi connectivity index (χ1) is 12.6. The predicted molar refractivity (Wildman–Crippen MR) is 90.0 cm³/mol. The van der Waals surface area contributed by atoms with E-state index in [0.717, 1.165) is 0 Å². The fourth-order valence-electron chi connectivity index (χ4n) is 2.45. The molecule has 0 saturated carbocycles. The van der Waals surface area contributed by atoms with Gasteiger partial charge < -0.3 is 18.9 Å². The second kappa shape index (κ2) is 9.57. The van der Waals surface area contributed by atoms with Gasteiger partial charge >= 0.3 is 11.9 Å². The van der Waals surface area contributed by atoms with E-state index in [9.17, 15) is 9.59 Å². The number of esters is 2. The molecule has 1 saturated heterocycles. The Labute approximate surface area is 150 Å². The predicted octanol–water partition coefficient (Wildman–Crippen LogP) is 2.38. The minimum atomic E-state index is -1.11. The molecule has 0 N–H and O–H groups in total. The van der Waals surface area contributed by atoms with Gasteiger partial charge in [0.1, 0.15) is 6.04 Å². The Morgan fingerprint density at radius 3 is 2.69 bits per heavy atom. The molecule has 4 atom stereocenters. The summed E-state index contributed by atoms with van der Waals surface area (Å²) in [5.74, 6) is -1.26. The van der Waals surface area contributed by atoms with Gasteiger partial charge in [-0.2, -0.15) is 0 Å². The molecule has 9 nitrogen and oxygen atoms in total. The summed E-state index contributed by atoms with van der Waals surface area (Å²) in [5.41, 5.74) is 9.04. The number of carbonyl (C=O) groups is 2. The smallest absolute Gasteiger partial charge is 0.338 e. The van der Waals surface area contributed by atoms with Gasteiger partial charge in [-0.3, -0.25) is 4.79 Å². The van der Waals surface area contributed by atoms with E-state index in [-0.39, 0.29) is 13.2 Å².